The van der Waals surface area contributed by atoms with Gasteiger partial charge in [-0.1, -0.05) is 18.2 Å². The minimum absolute atomic E-state index is 0.292. The summed E-state index contributed by atoms with van der Waals surface area (Å²) in [4.78, 5) is 0. The van der Waals surface area contributed by atoms with Crippen molar-refractivity contribution in [2.24, 2.45) is 0 Å². The fraction of sp³-hybridized carbons (Fsp3) is 0.333. The van der Waals surface area contributed by atoms with E-state index in [0.717, 1.165) is 17.9 Å². The van der Waals surface area contributed by atoms with Crippen molar-refractivity contribution in [2.75, 3.05) is 0 Å². The van der Waals surface area contributed by atoms with E-state index >= 15 is 0 Å². The third kappa shape index (κ3) is 3.68. The molecule has 0 unspecified atom stereocenters. The number of aryl methyl sites for hydroxylation is 1. The average molecular weight is 309 g/mol. The lowest BCUT2D eigenvalue weighted by atomic mass is 10.1. The molecule has 0 aliphatic rings. The fourth-order valence-corrected chi connectivity index (χ4v) is 2.50. The molecule has 3 rings (SSSR count). The van der Waals surface area contributed by atoms with Crippen LogP contribution in [0.2, 0.25) is 0 Å². The molecular weight excluding hydrogens is 286 g/mol. The van der Waals surface area contributed by atoms with Crippen molar-refractivity contribution in [2.45, 2.75) is 39.4 Å². The standard InChI is InChI=1S/C18H23N5/c1-14-11-20-23(13-14)16(3)15(2)19-12-17-9-10-22(21-17)18-7-5-4-6-8-18/h4-11,13,15-16,19H,12H2,1-3H3/t15-,16+/m0/s1. The molecule has 0 saturated carbocycles. The van der Waals surface area contributed by atoms with Gasteiger partial charge in [-0.2, -0.15) is 10.2 Å². The van der Waals surface area contributed by atoms with E-state index in [4.69, 9.17) is 0 Å². The van der Waals surface area contributed by atoms with Crippen molar-refractivity contribution in [1.29, 1.82) is 0 Å². The molecule has 0 spiro atoms. The first-order chi connectivity index (χ1) is 11.1. The first kappa shape index (κ1) is 15.5. The zero-order chi connectivity index (χ0) is 16.2. The first-order valence-corrected chi connectivity index (χ1v) is 7.97. The van der Waals surface area contributed by atoms with Crippen LogP contribution in [0.1, 0.15) is 31.1 Å². The SMILES string of the molecule is Cc1cnn([C@H](C)[C@H](C)NCc2ccn(-c3ccccc3)n2)c1. The molecule has 0 bridgehead atoms. The van der Waals surface area contributed by atoms with Crippen LogP contribution in [-0.2, 0) is 6.54 Å². The van der Waals surface area contributed by atoms with Gasteiger partial charge in [0.1, 0.15) is 0 Å². The Balaban J connectivity index is 1.59. The summed E-state index contributed by atoms with van der Waals surface area (Å²) in [5.41, 5.74) is 3.29. The Bertz CT molecular complexity index is 744. The van der Waals surface area contributed by atoms with Crippen molar-refractivity contribution in [3.8, 4) is 5.69 Å². The van der Waals surface area contributed by atoms with Gasteiger partial charge in [0.15, 0.2) is 0 Å². The summed E-state index contributed by atoms with van der Waals surface area (Å²) in [7, 11) is 0. The van der Waals surface area contributed by atoms with Gasteiger partial charge < -0.3 is 5.32 Å². The predicted molar refractivity (Wildman–Crippen MR) is 91.5 cm³/mol. The number of hydrogen-bond donors (Lipinski definition) is 1. The molecule has 3 aromatic rings. The Hall–Kier alpha value is -2.40. The molecule has 0 fully saturated rings. The van der Waals surface area contributed by atoms with Crippen LogP contribution in [0, 0.1) is 6.92 Å². The van der Waals surface area contributed by atoms with E-state index in [1.807, 2.05) is 40.0 Å². The second-order valence-electron chi connectivity index (χ2n) is 6.00. The van der Waals surface area contributed by atoms with Gasteiger partial charge in [0, 0.05) is 25.0 Å². The lowest BCUT2D eigenvalue weighted by Crippen LogP contribution is -2.33. The number of benzene rings is 1. The van der Waals surface area contributed by atoms with Crippen LogP contribution in [0.4, 0.5) is 0 Å². The molecule has 23 heavy (non-hydrogen) atoms. The van der Waals surface area contributed by atoms with Gasteiger partial charge in [-0.15, -0.1) is 0 Å². The Kier molecular flexibility index (Phi) is 4.57. The molecule has 0 radical (unpaired) electrons. The highest BCUT2D eigenvalue weighted by Crippen LogP contribution is 2.12. The molecular formula is C18H23N5. The van der Waals surface area contributed by atoms with Gasteiger partial charge in [0.2, 0.25) is 0 Å². The maximum absolute atomic E-state index is 4.62. The molecule has 0 aliphatic carbocycles. The van der Waals surface area contributed by atoms with E-state index in [9.17, 15) is 0 Å². The molecule has 2 aromatic heterocycles. The van der Waals surface area contributed by atoms with Crippen LogP contribution < -0.4 is 5.32 Å². The minimum atomic E-state index is 0.292. The molecule has 120 valence electrons. The summed E-state index contributed by atoms with van der Waals surface area (Å²) in [5.74, 6) is 0. The summed E-state index contributed by atoms with van der Waals surface area (Å²) in [6, 6.07) is 12.8. The molecule has 0 amide bonds. The van der Waals surface area contributed by atoms with Gasteiger partial charge in [-0.25, -0.2) is 4.68 Å². The van der Waals surface area contributed by atoms with Crippen LogP contribution in [0.25, 0.3) is 5.69 Å². The Morgan fingerprint density at radius 3 is 2.61 bits per heavy atom. The van der Waals surface area contributed by atoms with Crippen molar-refractivity contribution in [3.05, 3.63) is 66.2 Å². The van der Waals surface area contributed by atoms with Gasteiger partial charge in [0.25, 0.3) is 0 Å². The number of rotatable bonds is 6. The molecule has 2 heterocycles. The quantitative estimate of drug-likeness (QED) is 0.761. The van der Waals surface area contributed by atoms with Gasteiger partial charge in [-0.3, -0.25) is 4.68 Å². The number of nitrogens with one attached hydrogen (secondary N) is 1. The van der Waals surface area contributed by atoms with Gasteiger partial charge in [-0.05, 0) is 44.5 Å². The van der Waals surface area contributed by atoms with Crippen LogP contribution in [-0.4, -0.2) is 25.6 Å². The summed E-state index contributed by atoms with van der Waals surface area (Å²) in [5, 5.41) is 12.5. The van der Waals surface area contributed by atoms with E-state index in [1.165, 1.54) is 5.56 Å². The minimum Gasteiger partial charge on any atom is -0.306 e. The summed E-state index contributed by atoms with van der Waals surface area (Å²) >= 11 is 0. The fourth-order valence-electron chi connectivity index (χ4n) is 2.50. The molecule has 1 N–H and O–H groups in total. The summed E-state index contributed by atoms with van der Waals surface area (Å²) in [6.45, 7) is 7.15. The lowest BCUT2D eigenvalue weighted by Gasteiger charge is -2.21. The highest BCUT2D eigenvalue weighted by Gasteiger charge is 2.14. The summed E-state index contributed by atoms with van der Waals surface area (Å²) in [6.07, 6.45) is 5.97. The van der Waals surface area contributed by atoms with Crippen LogP contribution >= 0.6 is 0 Å². The number of para-hydroxylation sites is 1. The molecule has 2 atom stereocenters. The lowest BCUT2D eigenvalue weighted by molar-refractivity contribution is 0.363. The van der Waals surface area contributed by atoms with E-state index in [1.54, 1.807) is 0 Å². The second kappa shape index (κ2) is 6.79. The largest absolute Gasteiger partial charge is 0.306 e. The zero-order valence-electron chi connectivity index (χ0n) is 13.8. The highest BCUT2D eigenvalue weighted by atomic mass is 15.3. The van der Waals surface area contributed by atoms with Crippen molar-refractivity contribution >= 4 is 0 Å². The molecule has 0 aliphatic heterocycles. The van der Waals surface area contributed by atoms with Crippen LogP contribution in [0.3, 0.4) is 0 Å². The average Bonchev–Trinajstić information content (AvgIpc) is 3.22. The number of hydrogen-bond acceptors (Lipinski definition) is 3. The van der Waals surface area contributed by atoms with Crippen LogP contribution in [0.5, 0.6) is 0 Å². The maximum Gasteiger partial charge on any atom is 0.0766 e. The Labute approximate surface area is 136 Å². The normalized spacial score (nSPS) is 13.9. The van der Waals surface area contributed by atoms with E-state index < -0.39 is 0 Å². The molecule has 0 saturated heterocycles. The van der Waals surface area contributed by atoms with Crippen LogP contribution in [0.15, 0.2) is 55.0 Å². The van der Waals surface area contributed by atoms with E-state index in [2.05, 4.69) is 60.7 Å². The smallest absolute Gasteiger partial charge is 0.0766 e. The second-order valence-corrected chi connectivity index (χ2v) is 6.00. The third-order valence-corrected chi connectivity index (χ3v) is 4.14. The predicted octanol–water partition coefficient (Wildman–Crippen LogP) is 3.12. The number of aromatic nitrogens is 4. The number of nitrogens with zero attached hydrogens (tertiary/aromatic N) is 4. The van der Waals surface area contributed by atoms with Crippen molar-refractivity contribution in [1.82, 2.24) is 24.9 Å². The monoisotopic (exact) mass is 309 g/mol. The van der Waals surface area contributed by atoms with Gasteiger partial charge in [0.05, 0.1) is 23.6 Å². The zero-order valence-corrected chi connectivity index (χ0v) is 13.8. The van der Waals surface area contributed by atoms with Crippen molar-refractivity contribution < 1.29 is 0 Å². The van der Waals surface area contributed by atoms with E-state index in [0.29, 0.717) is 12.1 Å². The van der Waals surface area contributed by atoms with E-state index in [-0.39, 0.29) is 0 Å². The topological polar surface area (TPSA) is 47.7 Å². The first-order valence-electron chi connectivity index (χ1n) is 7.97. The highest BCUT2D eigenvalue weighted by molar-refractivity contribution is 5.30. The summed E-state index contributed by atoms with van der Waals surface area (Å²) < 4.78 is 3.91. The Morgan fingerprint density at radius 2 is 1.91 bits per heavy atom. The molecule has 1 aromatic carbocycles. The van der Waals surface area contributed by atoms with Crippen molar-refractivity contribution in [3.63, 3.8) is 0 Å². The molecule has 5 nitrogen and oxygen atoms in total. The van der Waals surface area contributed by atoms with Gasteiger partial charge >= 0.3 is 0 Å². The Morgan fingerprint density at radius 1 is 1.13 bits per heavy atom. The molecule has 5 heteroatoms. The third-order valence-electron chi connectivity index (χ3n) is 4.14. The maximum atomic E-state index is 4.62.